The Morgan fingerprint density at radius 1 is 1.31 bits per heavy atom. The van der Waals surface area contributed by atoms with E-state index in [0.717, 1.165) is 56.8 Å². The Hall–Kier alpha value is -3.07. The summed E-state index contributed by atoms with van der Waals surface area (Å²) in [6.07, 6.45) is 8.49. The molecule has 1 saturated heterocycles. The summed E-state index contributed by atoms with van der Waals surface area (Å²) in [6, 6.07) is 4.87. The fourth-order valence-electron chi connectivity index (χ4n) is 4.44. The summed E-state index contributed by atoms with van der Waals surface area (Å²) in [5.41, 5.74) is 2.61. The normalized spacial score (nSPS) is 19.1. The lowest BCUT2D eigenvalue weighted by atomic mass is 10.00. The first-order valence-electron chi connectivity index (χ1n) is 11.3. The van der Waals surface area contributed by atoms with Gasteiger partial charge in [-0.2, -0.15) is 0 Å². The van der Waals surface area contributed by atoms with Gasteiger partial charge in [0.1, 0.15) is 23.9 Å². The number of carbonyl (C=O) groups excluding carboxylic acids is 1. The maximum atomic E-state index is 12.2. The number of aryl methyl sites for hydroxylation is 2. The smallest absolute Gasteiger partial charge is 0.326 e. The van der Waals surface area contributed by atoms with E-state index in [0.29, 0.717) is 18.9 Å². The maximum absolute atomic E-state index is 12.2. The molecule has 0 bridgehead atoms. The number of carboxylic acids is 1. The Balaban J connectivity index is 1.22. The Kier molecular flexibility index (Phi) is 7.26. The first kappa shape index (κ1) is 22.1. The Morgan fingerprint density at radius 2 is 2.22 bits per heavy atom. The molecule has 2 aromatic rings. The predicted octanol–water partition coefficient (Wildman–Crippen LogP) is 1.76. The van der Waals surface area contributed by atoms with Crippen LogP contribution in [0.25, 0.3) is 0 Å². The zero-order chi connectivity index (χ0) is 22.3. The van der Waals surface area contributed by atoms with E-state index in [1.165, 1.54) is 30.6 Å². The predicted molar refractivity (Wildman–Crippen MR) is 119 cm³/mol. The Morgan fingerprint density at radius 3 is 3.03 bits per heavy atom. The topological polar surface area (TPSA) is 120 Å². The number of amides is 1. The second kappa shape index (κ2) is 10.5. The SMILES string of the molecule is O=C(NC(CCN1CC[C@@H](CCc2ccc3c(n2)NCCC3)C1)C(=O)O)c1ccncn1. The van der Waals surface area contributed by atoms with Crippen molar-refractivity contribution in [1.82, 2.24) is 25.2 Å². The van der Waals surface area contributed by atoms with Gasteiger partial charge in [0.15, 0.2) is 0 Å². The number of nitrogens with one attached hydrogen (secondary N) is 2. The molecule has 0 radical (unpaired) electrons. The van der Waals surface area contributed by atoms with E-state index in [1.807, 2.05) is 0 Å². The summed E-state index contributed by atoms with van der Waals surface area (Å²) in [6.45, 7) is 3.54. The molecule has 1 unspecified atom stereocenters. The molecule has 4 heterocycles. The molecule has 0 aliphatic carbocycles. The highest BCUT2D eigenvalue weighted by Gasteiger charge is 2.26. The molecule has 0 spiro atoms. The number of aliphatic carboxylic acids is 1. The average Bonchev–Trinajstić information content (AvgIpc) is 3.28. The quantitative estimate of drug-likeness (QED) is 0.542. The summed E-state index contributed by atoms with van der Waals surface area (Å²) < 4.78 is 0. The van der Waals surface area contributed by atoms with Crippen molar-refractivity contribution in [3.05, 3.63) is 47.7 Å². The second-order valence-electron chi connectivity index (χ2n) is 8.58. The van der Waals surface area contributed by atoms with Crippen LogP contribution in [0.15, 0.2) is 30.7 Å². The van der Waals surface area contributed by atoms with Gasteiger partial charge in [-0.25, -0.2) is 19.7 Å². The summed E-state index contributed by atoms with van der Waals surface area (Å²) in [5, 5.41) is 15.5. The Labute approximate surface area is 187 Å². The number of carbonyl (C=O) groups is 2. The molecular weight excluding hydrogens is 408 g/mol. The van der Waals surface area contributed by atoms with Gasteiger partial charge in [-0.15, -0.1) is 0 Å². The second-order valence-corrected chi connectivity index (χ2v) is 8.58. The summed E-state index contributed by atoms with van der Waals surface area (Å²) in [5.74, 6) is 0.103. The van der Waals surface area contributed by atoms with Crippen LogP contribution in [0, 0.1) is 5.92 Å². The molecule has 2 aromatic heterocycles. The van der Waals surface area contributed by atoms with Gasteiger partial charge in [0.25, 0.3) is 5.91 Å². The van der Waals surface area contributed by atoms with E-state index < -0.39 is 17.9 Å². The van der Waals surface area contributed by atoms with Crippen molar-refractivity contribution in [2.75, 3.05) is 31.5 Å². The van der Waals surface area contributed by atoms with Gasteiger partial charge in [0.2, 0.25) is 0 Å². The lowest BCUT2D eigenvalue weighted by Gasteiger charge is -2.20. The number of aromatic nitrogens is 3. The van der Waals surface area contributed by atoms with Crippen molar-refractivity contribution >= 4 is 17.7 Å². The van der Waals surface area contributed by atoms with E-state index in [2.05, 4.69) is 37.6 Å². The molecule has 0 aromatic carbocycles. The van der Waals surface area contributed by atoms with Crippen LogP contribution in [-0.4, -0.2) is 69.1 Å². The van der Waals surface area contributed by atoms with E-state index in [9.17, 15) is 14.7 Å². The van der Waals surface area contributed by atoms with Crippen LogP contribution in [0.3, 0.4) is 0 Å². The first-order chi connectivity index (χ1) is 15.6. The summed E-state index contributed by atoms with van der Waals surface area (Å²) >= 11 is 0. The van der Waals surface area contributed by atoms with Crippen LogP contribution >= 0.6 is 0 Å². The summed E-state index contributed by atoms with van der Waals surface area (Å²) in [4.78, 5) is 38.6. The van der Waals surface area contributed by atoms with Crippen molar-refractivity contribution in [2.24, 2.45) is 5.92 Å². The fourth-order valence-corrected chi connectivity index (χ4v) is 4.44. The molecule has 1 amide bonds. The molecule has 32 heavy (non-hydrogen) atoms. The number of fused-ring (bicyclic) bond motifs is 1. The average molecular weight is 439 g/mol. The minimum atomic E-state index is -1.03. The molecule has 1 fully saturated rings. The van der Waals surface area contributed by atoms with Crippen LogP contribution in [-0.2, 0) is 17.6 Å². The zero-order valence-electron chi connectivity index (χ0n) is 18.2. The standard InChI is InChI=1S/C23H30N6O3/c30-22(19-7-11-24-15-26-19)28-20(23(31)32)9-13-29-12-8-16(14-29)3-5-18-6-4-17-2-1-10-25-21(17)27-18/h4,6-7,11,15-16,20H,1-3,5,8-10,12-14H2,(H,25,27)(H,28,30)(H,31,32)/t16-,20?/m1/s1. The molecule has 2 atom stereocenters. The molecule has 170 valence electrons. The third kappa shape index (κ3) is 5.79. The van der Waals surface area contributed by atoms with Crippen molar-refractivity contribution in [3.8, 4) is 0 Å². The minimum Gasteiger partial charge on any atom is -0.480 e. The van der Waals surface area contributed by atoms with Crippen molar-refractivity contribution in [2.45, 2.75) is 44.6 Å². The molecule has 3 N–H and O–H groups in total. The number of hydrogen-bond donors (Lipinski definition) is 3. The number of pyridine rings is 1. The largest absolute Gasteiger partial charge is 0.480 e. The molecule has 2 aliphatic heterocycles. The molecule has 9 nitrogen and oxygen atoms in total. The monoisotopic (exact) mass is 438 g/mol. The fraction of sp³-hybridized carbons (Fsp3) is 0.522. The lowest BCUT2D eigenvalue weighted by Crippen LogP contribution is -2.43. The van der Waals surface area contributed by atoms with Crippen molar-refractivity contribution < 1.29 is 14.7 Å². The van der Waals surface area contributed by atoms with E-state index in [1.54, 1.807) is 0 Å². The summed E-state index contributed by atoms with van der Waals surface area (Å²) in [7, 11) is 0. The number of anilines is 1. The number of carboxylic acid groups (broad SMARTS) is 1. The highest BCUT2D eigenvalue weighted by molar-refractivity contribution is 5.94. The van der Waals surface area contributed by atoms with E-state index in [4.69, 9.17) is 4.98 Å². The van der Waals surface area contributed by atoms with Gasteiger partial charge in [-0.05, 0) is 68.7 Å². The van der Waals surface area contributed by atoms with E-state index >= 15 is 0 Å². The van der Waals surface area contributed by atoms with Gasteiger partial charge in [0, 0.05) is 31.5 Å². The third-order valence-electron chi connectivity index (χ3n) is 6.28. The first-order valence-corrected chi connectivity index (χ1v) is 11.3. The van der Waals surface area contributed by atoms with Gasteiger partial charge in [-0.1, -0.05) is 6.07 Å². The Bertz CT molecular complexity index is 939. The number of nitrogens with zero attached hydrogens (tertiary/aromatic N) is 4. The molecule has 4 rings (SSSR count). The van der Waals surface area contributed by atoms with E-state index in [-0.39, 0.29) is 5.69 Å². The molecular formula is C23H30N6O3. The van der Waals surface area contributed by atoms with Crippen molar-refractivity contribution in [1.29, 1.82) is 0 Å². The number of hydrogen-bond acceptors (Lipinski definition) is 7. The highest BCUT2D eigenvalue weighted by Crippen LogP contribution is 2.24. The van der Waals surface area contributed by atoms with Gasteiger partial charge >= 0.3 is 5.97 Å². The third-order valence-corrected chi connectivity index (χ3v) is 6.28. The minimum absolute atomic E-state index is 0.165. The zero-order valence-corrected chi connectivity index (χ0v) is 18.2. The highest BCUT2D eigenvalue weighted by atomic mass is 16.4. The van der Waals surface area contributed by atoms with Crippen LogP contribution in [0.4, 0.5) is 5.82 Å². The van der Waals surface area contributed by atoms with Crippen LogP contribution in [0.2, 0.25) is 0 Å². The number of rotatable bonds is 9. The van der Waals surface area contributed by atoms with Gasteiger partial charge in [-0.3, -0.25) is 4.79 Å². The van der Waals surface area contributed by atoms with Crippen LogP contribution in [0.5, 0.6) is 0 Å². The molecule has 0 saturated carbocycles. The lowest BCUT2D eigenvalue weighted by molar-refractivity contribution is -0.139. The van der Waals surface area contributed by atoms with Gasteiger partial charge < -0.3 is 20.6 Å². The molecule has 2 aliphatic rings. The van der Waals surface area contributed by atoms with Crippen LogP contribution in [0.1, 0.15) is 47.4 Å². The van der Waals surface area contributed by atoms with Gasteiger partial charge in [0.05, 0.1) is 0 Å². The molecule has 9 heteroatoms. The van der Waals surface area contributed by atoms with Crippen LogP contribution < -0.4 is 10.6 Å². The van der Waals surface area contributed by atoms with Crippen molar-refractivity contribution in [3.63, 3.8) is 0 Å². The number of likely N-dealkylation sites (tertiary alicyclic amines) is 1. The maximum Gasteiger partial charge on any atom is 0.326 e.